The van der Waals surface area contributed by atoms with E-state index in [-0.39, 0.29) is 0 Å². The monoisotopic (exact) mass is 263 g/mol. The third-order valence-corrected chi connectivity index (χ3v) is 3.33. The van der Waals surface area contributed by atoms with Crippen molar-refractivity contribution in [3.05, 3.63) is 33.5 Å². The number of rotatable bonds is 4. The van der Waals surface area contributed by atoms with Crippen LogP contribution in [0, 0.1) is 13.8 Å². The normalized spacial score (nSPS) is 10.7. The lowest BCUT2D eigenvalue weighted by atomic mass is 10.3. The number of nitrogens with zero attached hydrogens (tertiary/aromatic N) is 4. The van der Waals surface area contributed by atoms with Gasteiger partial charge in [0.05, 0.1) is 22.9 Å². The fourth-order valence-corrected chi connectivity index (χ4v) is 2.29. The van der Waals surface area contributed by atoms with Crippen LogP contribution >= 0.6 is 11.3 Å². The van der Waals surface area contributed by atoms with E-state index in [1.54, 1.807) is 11.3 Å². The van der Waals surface area contributed by atoms with Gasteiger partial charge in [0.1, 0.15) is 0 Å². The molecule has 96 valence electrons. The molecule has 0 unspecified atom stereocenters. The fraction of sp³-hybridized carbons (Fsp3) is 0.417. The zero-order chi connectivity index (χ0) is 13.1. The Hall–Kier alpha value is -1.53. The molecule has 2 aromatic rings. The van der Waals surface area contributed by atoms with Crippen LogP contribution in [0.3, 0.4) is 0 Å². The first-order valence-electron chi connectivity index (χ1n) is 5.75. The minimum absolute atomic E-state index is 0.431. The van der Waals surface area contributed by atoms with E-state index in [4.69, 9.17) is 5.73 Å². The lowest BCUT2D eigenvalue weighted by Crippen LogP contribution is -2.20. The van der Waals surface area contributed by atoms with Gasteiger partial charge < -0.3 is 10.6 Å². The Bertz CT molecular complexity index is 537. The van der Waals surface area contributed by atoms with Crippen molar-refractivity contribution in [2.75, 3.05) is 11.9 Å². The Morgan fingerprint density at radius 2 is 2.00 bits per heavy atom. The van der Waals surface area contributed by atoms with Crippen LogP contribution in [0.25, 0.3) is 0 Å². The number of nitrogens with two attached hydrogens (primary N) is 1. The van der Waals surface area contributed by atoms with Gasteiger partial charge in [-0.1, -0.05) is 0 Å². The highest BCUT2D eigenvalue weighted by Crippen LogP contribution is 2.14. The Balaban J connectivity index is 2.17. The van der Waals surface area contributed by atoms with E-state index < -0.39 is 0 Å². The van der Waals surface area contributed by atoms with Crippen molar-refractivity contribution >= 4 is 17.3 Å². The molecule has 0 spiro atoms. The van der Waals surface area contributed by atoms with Crippen molar-refractivity contribution in [3.63, 3.8) is 0 Å². The molecule has 0 aromatic carbocycles. The van der Waals surface area contributed by atoms with Crippen molar-refractivity contribution in [1.82, 2.24) is 15.0 Å². The molecule has 0 aliphatic rings. The van der Waals surface area contributed by atoms with Gasteiger partial charge in [-0.2, -0.15) is 0 Å². The van der Waals surface area contributed by atoms with Crippen LogP contribution < -0.4 is 10.6 Å². The summed E-state index contributed by atoms with van der Waals surface area (Å²) < 4.78 is 0. The minimum Gasteiger partial charge on any atom is -0.338 e. The van der Waals surface area contributed by atoms with Gasteiger partial charge in [0.15, 0.2) is 0 Å². The zero-order valence-electron chi connectivity index (χ0n) is 10.8. The van der Waals surface area contributed by atoms with E-state index in [1.807, 2.05) is 31.9 Å². The molecule has 0 fully saturated rings. The predicted molar refractivity (Wildman–Crippen MR) is 73.6 cm³/mol. The van der Waals surface area contributed by atoms with Crippen LogP contribution in [0.5, 0.6) is 0 Å². The second-order valence-corrected chi connectivity index (χ2v) is 5.28. The molecule has 2 heterocycles. The average Bonchev–Trinajstić information content (AvgIpc) is 2.73. The van der Waals surface area contributed by atoms with Crippen LogP contribution in [0.1, 0.15) is 22.1 Å². The summed E-state index contributed by atoms with van der Waals surface area (Å²) in [6.07, 6.45) is 0. The molecule has 0 bridgehead atoms. The highest BCUT2D eigenvalue weighted by molar-refractivity contribution is 7.09. The second kappa shape index (κ2) is 5.41. The largest absolute Gasteiger partial charge is 0.338 e. The molecule has 2 aromatic heterocycles. The minimum atomic E-state index is 0.431. The number of hydrogen-bond donors (Lipinski definition) is 1. The van der Waals surface area contributed by atoms with Gasteiger partial charge in [-0.15, -0.1) is 11.3 Å². The summed E-state index contributed by atoms with van der Waals surface area (Å²) in [5.74, 6) is 0.695. The molecule has 0 aliphatic carbocycles. The summed E-state index contributed by atoms with van der Waals surface area (Å²) in [5, 5.41) is 3.14. The lowest BCUT2D eigenvalue weighted by molar-refractivity contribution is 0.821. The first-order valence-corrected chi connectivity index (χ1v) is 6.63. The van der Waals surface area contributed by atoms with E-state index in [2.05, 4.69) is 20.3 Å². The standard InChI is InChI=1S/C12H17N5S/c1-8-4-10(5-13)16-12(14-8)17(3)6-11-7-18-9(2)15-11/h4,7H,5-6,13H2,1-3H3. The van der Waals surface area contributed by atoms with Crippen molar-refractivity contribution < 1.29 is 0 Å². The van der Waals surface area contributed by atoms with Gasteiger partial charge in [-0.05, 0) is 19.9 Å². The third-order valence-electron chi connectivity index (χ3n) is 2.51. The fourth-order valence-electron chi connectivity index (χ4n) is 1.69. The van der Waals surface area contributed by atoms with Gasteiger partial charge in [-0.25, -0.2) is 15.0 Å². The smallest absolute Gasteiger partial charge is 0.225 e. The molecule has 0 aliphatic heterocycles. The van der Waals surface area contributed by atoms with Gasteiger partial charge in [0, 0.05) is 24.7 Å². The van der Waals surface area contributed by atoms with Crippen LogP contribution in [-0.4, -0.2) is 22.0 Å². The maximum Gasteiger partial charge on any atom is 0.225 e. The van der Waals surface area contributed by atoms with Gasteiger partial charge >= 0.3 is 0 Å². The quantitative estimate of drug-likeness (QED) is 0.908. The van der Waals surface area contributed by atoms with E-state index in [9.17, 15) is 0 Å². The molecular weight excluding hydrogens is 246 g/mol. The van der Waals surface area contributed by atoms with Crippen LogP contribution in [0.15, 0.2) is 11.4 Å². The van der Waals surface area contributed by atoms with Gasteiger partial charge in [0.2, 0.25) is 5.95 Å². The van der Waals surface area contributed by atoms with E-state index >= 15 is 0 Å². The summed E-state index contributed by atoms with van der Waals surface area (Å²) in [7, 11) is 1.96. The van der Waals surface area contributed by atoms with Crippen molar-refractivity contribution in [2.45, 2.75) is 26.9 Å². The van der Waals surface area contributed by atoms with E-state index in [1.165, 1.54) is 0 Å². The highest BCUT2D eigenvalue weighted by atomic mass is 32.1. The number of hydrogen-bond acceptors (Lipinski definition) is 6. The SMILES string of the molecule is Cc1cc(CN)nc(N(C)Cc2csc(C)n2)n1. The average molecular weight is 263 g/mol. The molecule has 18 heavy (non-hydrogen) atoms. The first-order chi connectivity index (χ1) is 8.58. The number of aromatic nitrogens is 3. The molecule has 5 nitrogen and oxygen atoms in total. The summed E-state index contributed by atoms with van der Waals surface area (Å²) in [5.41, 5.74) is 8.46. The molecule has 0 saturated heterocycles. The summed E-state index contributed by atoms with van der Waals surface area (Å²) in [4.78, 5) is 15.3. The number of thiazole rings is 1. The number of aryl methyl sites for hydroxylation is 2. The summed E-state index contributed by atoms with van der Waals surface area (Å²) >= 11 is 1.65. The third kappa shape index (κ3) is 3.02. The van der Waals surface area contributed by atoms with Crippen molar-refractivity contribution in [3.8, 4) is 0 Å². The topological polar surface area (TPSA) is 67.9 Å². The predicted octanol–water partition coefficient (Wildman–Crippen LogP) is 1.65. The summed E-state index contributed by atoms with van der Waals surface area (Å²) in [6, 6.07) is 1.91. The number of anilines is 1. The van der Waals surface area contributed by atoms with Gasteiger partial charge in [-0.3, -0.25) is 0 Å². The Morgan fingerprint density at radius 3 is 2.61 bits per heavy atom. The Kier molecular flexibility index (Phi) is 3.88. The van der Waals surface area contributed by atoms with E-state index in [0.29, 0.717) is 19.0 Å². The molecule has 2 rings (SSSR count). The molecule has 0 amide bonds. The van der Waals surface area contributed by atoms with Crippen molar-refractivity contribution in [1.29, 1.82) is 0 Å². The van der Waals surface area contributed by atoms with E-state index in [0.717, 1.165) is 22.1 Å². The highest BCUT2D eigenvalue weighted by Gasteiger charge is 2.09. The Morgan fingerprint density at radius 1 is 1.22 bits per heavy atom. The molecule has 0 atom stereocenters. The maximum atomic E-state index is 5.62. The molecular formula is C12H17N5S. The Labute approximate surface area is 111 Å². The zero-order valence-corrected chi connectivity index (χ0v) is 11.7. The molecule has 0 radical (unpaired) electrons. The van der Waals surface area contributed by atoms with Crippen LogP contribution in [-0.2, 0) is 13.1 Å². The van der Waals surface area contributed by atoms with Crippen LogP contribution in [0.4, 0.5) is 5.95 Å². The molecule has 0 saturated carbocycles. The van der Waals surface area contributed by atoms with Gasteiger partial charge in [0.25, 0.3) is 0 Å². The first kappa shape index (κ1) is 12.9. The summed E-state index contributed by atoms with van der Waals surface area (Å²) in [6.45, 7) is 5.09. The van der Waals surface area contributed by atoms with Crippen LogP contribution in [0.2, 0.25) is 0 Å². The molecule has 6 heteroatoms. The lowest BCUT2D eigenvalue weighted by Gasteiger charge is -2.16. The van der Waals surface area contributed by atoms with Crippen molar-refractivity contribution in [2.24, 2.45) is 5.73 Å². The maximum absolute atomic E-state index is 5.62. The molecule has 2 N–H and O–H groups in total. The second-order valence-electron chi connectivity index (χ2n) is 4.22.